The number of nitrogens with zero attached hydrogens (tertiary/aromatic N) is 1. The van der Waals surface area contributed by atoms with Gasteiger partial charge in [0, 0.05) is 32.2 Å². The fourth-order valence-corrected chi connectivity index (χ4v) is 3.74. The summed E-state index contributed by atoms with van der Waals surface area (Å²) in [6.07, 6.45) is 0.992. The van der Waals surface area contributed by atoms with E-state index < -0.39 is 21.4 Å². The second-order valence-electron chi connectivity index (χ2n) is 6.79. The lowest BCUT2D eigenvalue weighted by Gasteiger charge is -2.33. The highest BCUT2D eigenvalue weighted by Gasteiger charge is 2.23. The molecule has 0 aromatic heterocycles. The van der Waals surface area contributed by atoms with Crippen molar-refractivity contribution in [2.45, 2.75) is 44.1 Å². The smallest absolute Gasteiger partial charge is 0.214 e. The summed E-state index contributed by atoms with van der Waals surface area (Å²) in [5.41, 5.74) is 0. The SMILES string of the molecule is CC(C)S(=O)(=O)NC[C@H](O)CN1CCC(Oc2ccc(Cl)c(Cl)c2)CC1. The molecule has 148 valence electrons. The van der Waals surface area contributed by atoms with Gasteiger partial charge in [-0.25, -0.2) is 13.1 Å². The average Bonchev–Trinajstić information content (AvgIpc) is 2.58. The molecule has 9 heteroatoms. The number of β-amino-alcohol motifs (C(OH)–C–C–N with tert-alkyl or cyclic N) is 1. The number of aliphatic hydroxyl groups is 1. The molecule has 6 nitrogen and oxygen atoms in total. The first kappa shape index (κ1) is 21.7. The Morgan fingerprint density at radius 1 is 1.27 bits per heavy atom. The Labute approximate surface area is 165 Å². The number of hydrogen-bond donors (Lipinski definition) is 2. The molecular weight excluding hydrogens is 399 g/mol. The van der Waals surface area contributed by atoms with Crippen LogP contribution in [0.2, 0.25) is 10.0 Å². The highest BCUT2D eigenvalue weighted by atomic mass is 35.5. The van der Waals surface area contributed by atoms with Crippen LogP contribution in [0.4, 0.5) is 0 Å². The van der Waals surface area contributed by atoms with Gasteiger partial charge in [-0.1, -0.05) is 23.2 Å². The third-order valence-electron chi connectivity index (χ3n) is 4.34. The van der Waals surface area contributed by atoms with Gasteiger partial charge in [-0.05, 0) is 38.8 Å². The lowest BCUT2D eigenvalue weighted by molar-refractivity contribution is 0.0630. The van der Waals surface area contributed by atoms with Gasteiger partial charge in [-0.3, -0.25) is 0 Å². The number of nitrogens with one attached hydrogen (secondary N) is 1. The van der Waals surface area contributed by atoms with Gasteiger partial charge < -0.3 is 14.7 Å². The van der Waals surface area contributed by atoms with E-state index in [0.29, 0.717) is 22.3 Å². The van der Waals surface area contributed by atoms with Crippen LogP contribution in [0, 0.1) is 0 Å². The van der Waals surface area contributed by atoms with Crippen LogP contribution in [0.5, 0.6) is 5.75 Å². The maximum atomic E-state index is 11.7. The number of likely N-dealkylation sites (tertiary alicyclic amines) is 1. The number of hydrogen-bond acceptors (Lipinski definition) is 5. The van der Waals surface area contributed by atoms with Crippen molar-refractivity contribution >= 4 is 33.2 Å². The van der Waals surface area contributed by atoms with Crippen molar-refractivity contribution in [1.29, 1.82) is 0 Å². The summed E-state index contributed by atoms with van der Waals surface area (Å²) < 4.78 is 31.8. The largest absolute Gasteiger partial charge is 0.490 e. The molecule has 1 fully saturated rings. The molecule has 1 saturated heterocycles. The minimum Gasteiger partial charge on any atom is -0.490 e. The van der Waals surface area contributed by atoms with Crippen molar-refractivity contribution < 1.29 is 18.3 Å². The van der Waals surface area contributed by atoms with Crippen LogP contribution in [0.3, 0.4) is 0 Å². The van der Waals surface area contributed by atoms with Gasteiger partial charge in [-0.2, -0.15) is 0 Å². The Kier molecular flexibility index (Phi) is 8.00. The van der Waals surface area contributed by atoms with Crippen LogP contribution in [0.15, 0.2) is 18.2 Å². The molecule has 0 spiro atoms. The Balaban J connectivity index is 1.73. The summed E-state index contributed by atoms with van der Waals surface area (Å²) in [5, 5.41) is 10.5. The van der Waals surface area contributed by atoms with Crippen LogP contribution in [-0.2, 0) is 10.0 Å². The lowest BCUT2D eigenvalue weighted by atomic mass is 10.1. The highest BCUT2D eigenvalue weighted by Crippen LogP contribution is 2.28. The second kappa shape index (κ2) is 9.57. The van der Waals surface area contributed by atoms with Crippen molar-refractivity contribution in [2.75, 3.05) is 26.2 Å². The average molecular weight is 425 g/mol. The number of rotatable bonds is 8. The first-order valence-corrected chi connectivity index (χ1v) is 11.0. The normalized spacial score (nSPS) is 18.2. The number of halogens is 2. The van der Waals surface area contributed by atoms with E-state index >= 15 is 0 Å². The third kappa shape index (κ3) is 6.55. The molecule has 2 rings (SSSR count). The van der Waals surface area contributed by atoms with Crippen LogP contribution in [-0.4, -0.2) is 62.1 Å². The molecule has 0 radical (unpaired) electrons. The monoisotopic (exact) mass is 424 g/mol. The van der Waals surface area contributed by atoms with E-state index in [1.165, 1.54) is 0 Å². The molecule has 1 heterocycles. The van der Waals surface area contributed by atoms with Crippen molar-refractivity contribution in [1.82, 2.24) is 9.62 Å². The number of piperidine rings is 1. The fourth-order valence-electron chi connectivity index (χ4n) is 2.69. The van der Waals surface area contributed by atoms with Crippen molar-refractivity contribution in [3.63, 3.8) is 0 Å². The first-order valence-electron chi connectivity index (χ1n) is 8.68. The zero-order valence-corrected chi connectivity index (χ0v) is 17.3. The van der Waals surface area contributed by atoms with Gasteiger partial charge in [0.1, 0.15) is 11.9 Å². The summed E-state index contributed by atoms with van der Waals surface area (Å²) in [7, 11) is -3.35. The number of aliphatic hydroxyl groups excluding tert-OH is 1. The molecule has 1 atom stereocenters. The van der Waals surface area contributed by atoms with Gasteiger partial charge in [0.25, 0.3) is 0 Å². The Morgan fingerprint density at radius 3 is 2.50 bits per heavy atom. The van der Waals surface area contributed by atoms with Crippen LogP contribution in [0.25, 0.3) is 0 Å². The minimum absolute atomic E-state index is 0.0280. The molecule has 1 aliphatic rings. The van der Waals surface area contributed by atoms with Gasteiger partial charge in [0.05, 0.1) is 21.4 Å². The summed E-state index contributed by atoms with van der Waals surface area (Å²) in [6.45, 7) is 5.22. The lowest BCUT2D eigenvalue weighted by Crippen LogP contribution is -2.45. The van der Waals surface area contributed by atoms with E-state index in [9.17, 15) is 13.5 Å². The maximum Gasteiger partial charge on any atom is 0.214 e. The molecule has 0 amide bonds. The van der Waals surface area contributed by atoms with Crippen LogP contribution >= 0.6 is 23.2 Å². The highest BCUT2D eigenvalue weighted by molar-refractivity contribution is 7.90. The van der Waals surface area contributed by atoms with Gasteiger partial charge in [-0.15, -0.1) is 0 Å². The summed E-state index contributed by atoms with van der Waals surface area (Å²) in [6, 6.07) is 5.22. The predicted molar refractivity (Wildman–Crippen MR) is 105 cm³/mol. The summed E-state index contributed by atoms with van der Waals surface area (Å²) in [4.78, 5) is 2.11. The van der Waals surface area contributed by atoms with Crippen molar-refractivity contribution in [2.24, 2.45) is 0 Å². The predicted octanol–water partition coefficient (Wildman–Crippen LogP) is 2.53. The first-order chi connectivity index (χ1) is 12.2. The van der Waals surface area contributed by atoms with E-state index in [2.05, 4.69) is 9.62 Å². The standard InChI is InChI=1S/C17H26Cl2N2O4S/c1-12(2)26(23,24)20-10-13(22)11-21-7-5-14(6-8-21)25-15-3-4-16(18)17(19)9-15/h3-4,9,12-14,20,22H,5-8,10-11H2,1-2H3/t13-/m0/s1. The zero-order chi connectivity index (χ0) is 19.3. The molecular formula is C17H26Cl2N2O4S. The van der Waals surface area contributed by atoms with Crippen LogP contribution in [0.1, 0.15) is 26.7 Å². The fraction of sp³-hybridized carbons (Fsp3) is 0.647. The molecule has 1 aromatic rings. The Hall–Kier alpha value is -0.570. The molecule has 2 N–H and O–H groups in total. The molecule has 0 aliphatic carbocycles. The maximum absolute atomic E-state index is 11.7. The molecule has 0 saturated carbocycles. The van der Waals surface area contributed by atoms with Crippen molar-refractivity contribution in [3.8, 4) is 5.75 Å². The van der Waals surface area contributed by atoms with E-state index in [-0.39, 0.29) is 12.6 Å². The van der Waals surface area contributed by atoms with E-state index in [1.54, 1.807) is 32.0 Å². The Morgan fingerprint density at radius 2 is 1.92 bits per heavy atom. The molecule has 1 aromatic carbocycles. The van der Waals surface area contributed by atoms with Crippen molar-refractivity contribution in [3.05, 3.63) is 28.2 Å². The summed E-state index contributed by atoms with van der Waals surface area (Å²) >= 11 is 11.9. The topological polar surface area (TPSA) is 78.9 Å². The molecule has 0 unspecified atom stereocenters. The second-order valence-corrected chi connectivity index (χ2v) is 9.93. The van der Waals surface area contributed by atoms with Gasteiger partial charge in [0.15, 0.2) is 0 Å². The molecule has 0 bridgehead atoms. The van der Waals surface area contributed by atoms with E-state index in [0.717, 1.165) is 25.9 Å². The van der Waals surface area contributed by atoms with Crippen LogP contribution < -0.4 is 9.46 Å². The Bertz CT molecular complexity index is 692. The molecule has 26 heavy (non-hydrogen) atoms. The zero-order valence-electron chi connectivity index (χ0n) is 15.0. The number of ether oxygens (including phenoxy) is 1. The number of sulfonamides is 1. The van der Waals surface area contributed by atoms with Gasteiger partial charge in [0.2, 0.25) is 10.0 Å². The third-order valence-corrected chi connectivity index (χ3v) is 6.89. The van der Waals surface area contributed by atoms with E-state index in [4.69, 9.17) is 27.9 Å². The van der Waals surface area contributed by atoms with E-state index in [1.807, 2.05) is 0 Å². The quantitative estimate of drug-likeness (QED) is 0.669. The minimum atomic E-state index is -3.35. The molecule has 1 aliphatic heterocycles. The summed E-state index contributed by atoms with van der Waals surface area (Å²) in [5.74, 6) is 0.695. The number of benzene rings is 1. The van der Waals surface area contributed by atoms with Gasteiger partial charge >= 0.3 is 0 Å².